The lowest BCUT2D eigenvalue weighted by Crippen LogP contribution is -2.36. The number of carbonyl (C=O) groups is 1. The maximum absolute atomic E-state index is 13.5. The first-order valence-electron chi connectivity index (χ1n) is 12.9. The molecular formula is C29H35N7O2. The molecule has 9 heteroatoms. The van der Waals surface area contributed by atoms with Crippen molar-refractivity contribution in [1.29, 1.82) is 5.41 Å². The van der Waals surface area contributed by atoms with Crippen molar-refractivity contribution in [1.82, 2.24) is 14.5 Å². The number of aromatic nitrogens is 3. The number of nitrogen functional groups attached to an aromatic ring is 1. The summed E-state index contributed by atoms with van der Waals surface area (Å²) in [5, 5.41) is 7.59. The summed E-state index contributed by atoms with van der Waals surface area (Å²) >= 11 is 0. The second-order valence-electron chi connectivity index (χ2n) is 8.98. The zero-order valence-electron chi connectivity index (χ0n) is 21.8. The molecule has 0 aliphatic rings. The van der Waals surface area contributed by atoms with Gasteiger partial charge in [-0.2, -0.15) is 0 Å². The van der Waals surface area contributed by atoms with E-state index >= 15 is 0 Å². The standard InChI is InChI=1S/C29H35N7O2/c1-2-38-19-5-17-35-25-13-12-23(29(37)36(18-15-30)26-6-3-4-16-33-26)20-24(25)34-27(35)14-9-21-7-10-22(11-8-21)28(31)32/h3-4,6-8,10-13,16,20H,2,5,9,14-15,17-19,30H2,1H3,(H3,31,32). The highest BCUT2D eigenvalue weighted by Gasteiger charge is 2.20. The Morgan fingerprint density at radius 1 is 1.08 bits per heavy atom. The first kappa shape index (κ1) is 27.0. The Morgan fingerprint density at radius 2 is 1.87 bits per heavy atom. The van der Waals surface area contributed by atoms with Gasteiger partial charge in [-0.3, -0.25) is 15.1 Å². The van der Waals surface area contributed by atoms with Gasteiger partial charge >= 0.3 is 0 Å². The summed E-state index contributed by atoms with van der Waals surface area (Å²) in [7, 11) is 0. The number of ether oxygens (including phenoxy) is 1. The van der Waals surface area contributed by atoms with Gasteiger partial charge in [-0.25, -0.2) is 9.97 Å². The quantitative estimate of drug-likeness (QED) is 0.142. The van der Waals surface area contributed by atoms with E-state index in [4.69, 9.17) is 26.6 Å². The van der Waals surface area contributed by atoms with E-state index < -0.39 is 0 Å². The number of benzene rings is 2. The Morgan fingerprint density at radius 3 is 2.55 bits per heavy atom. The number of amides is 1. The van der Waals surface area contributed by atoms with E-state index in [0.29, 0.717) is 43.2 Å². The highest BCUT2D eigenvalue weighted by Crippen LogP contribution is 2.22. The van der Waals surface area contributed by atoms with E-state index in [9.17, 15) is 4.79 Å². The summed E-state index contributed by atoms with van der Waals surface area (Å²) < 4.78 is 7.78. The normalized spacial score (nSPS) is 11.1. The van der Waals surface area contributed by atoms with E-state index in [2.05, 4.69) is 9.55 Å². The van der Waals surface area contributed by atoms with Crippen molar-refractivity contribution in [3.05, 3.63) is 89.4 Å². The number of hydrogen-bond donors (Lipinski definition) is 3. The molecule has 4 rings (SSSR count). The Bertz CT molecular complexity index is 1370. The van der Waals surface area contributed by atoms with Crippen LogP contribution in [0.4, 0.5) is 5.82 Å². The van der Waals surface area contributed by atoms with Gasteiger partial charge in [0, 0.05) is 56.6 Å². The average molecular weight is 514 g/mol. The number of aryl methyl sites for hydroxylation is 3. The first-order chi connectivity index (χ1) is 18.5. The highest BCUT2D eigenvalue weighted by molar-refractivity contribution is 6.07. The fraction of sp³-hybridized carbons (Fsp3) is 0.310. The summed E-state index contributed by atoms with van der Waals surface area (Å²) in [6, 6.07) is 18.9. The fourth-order valence-corrected chi connectivity index (χ4v) is 4.45. The fourth-order valence-electron chi connectivity index (χ4n) is 4.45. The summed E-state index contributed by atoms with van der Waals surface area (Å²) in [6.07, 6.45) is 4.06. The third kappa shape index (κ3) is 6.42. The van der Waals surface area contributed by atoms with Crippen molar-refractivity contribution < 1.29 is 9.53 Å². The van der Waals surface area contributed by atoms with Crippen LogP contribution in [0.5, 0.6) is 0 Å². The van der Waals surface area contributed by atoms with Crippen LogP contribution in [-0.2, 0) is 24.1 Å². The van der Waals surface area contributed by atoms with Crippen LogP contribution in [0.3, 0.4) is 0 Å². The second kappa shape index (κ2) is 12.9. The number of rotatable bonds is 13. The molecule has 0 saturated carbocycles. The van der Waals surface area contributed by atoms with E-state index in [1.54, 1.807) is 17.2 Å². The van der Waals surface area contributed by atoms with Crippen molar-refractivity contribution in [2.75, 3.05) is 31.2 Å². The molecule has 0 saturated heterocycles. The Labute approximate surface area is 223 Å². The summed E-state index contributed by atoms with van der Waals surface area (Å²) in [5.41, 5.74) is 15.6. The van der Waals surface area contributed by atoms with Crippen LogP contribution in [0.1, 0.15) is 40.7 Å². The van der Waals surface area contributed by atoms with Crippen LogP contribution in [0.25, 0.3) is 11.0 Å². The molecule has 198 valence electrons. The minimum Gasteiger partial charge on any atom is -0.384 e. The molecule has 0 aliphatic heterocycles. The Hall–Kier alpha value is -4.08. The van der Waals surface area contributed by atoms with Crippen LogP contribution < -0.4 is 16.4 Å². The van der Waals surface area contributed by atoms with Crippen LogP contribution in [-0.4, -0.2) is 52.6 Å². The Kier molecular flexibility index (Phi) is 9.18. The van der Waals surface area contributed by atoms with Crippen molar-refractivity contribution in [3.8, 4) is 0 Å². The molecule has 0 radical (unpaired) electrons. The lowest BCUT2D eigenvalue weighted by atomic mass is 10.1. The zero-order chi connectivity index (χ0) is 26.9. The molecule has 0 bridgehead atoms. The lowest BCUT2D eigenvalue weighted by molar-refractivity contribution is 0.0987. The maximum atomic E-state index is 13.5. The molecular weight excluding hydrogens is 478 g/mol. The number of nitrogens with two attached hydrogens (primary N) is 2. The molecule has 1 amide bonds. The molecule has 0 spiro atoms. The van der Waals surface area contributed by atoms with Gasteiger partial charge in [-0.1, -0.05) is 30.3 Å². The van der Waals surface area contributed by atoms with Gasteiger partial charge in [-0.15, -0.1) is 0 Å². The molecule has 2 heterocycles. The van der Waals surface area contributed by atoms with Crippen LogP contribution >= 0.6 is 0 Å². The predicted octanol–water partition coefficient (Wildman–Crippen LogP) is 3.53. The van der Waals surface area contributed by atoms with Gasteiger partial charge in [-0.05, 0) is 55.7 Å². The smallest absolute Gasteiger partial charge is 0.259 e. The van der Waals surface area contributed by atoms with Gasteiger partial charge in [0.2, 0.25) is 0 Å². The van der Waals surface area contributed by atoms with Crippen LogP contribution in [0.2, 0.25) is 0 Å². The van der Waals surface area contributed by atoms with Crippen molar-refractivity contribution in [2.24, 2.45) is 11.5 Å². The SMILES string of the molecule is CCOCCCn1c(CCc2ccc(C(=N)N)cc2)nc2cc(C(=O)N(CCN)c3ccccn3)ccc21. The monoisotopic (exact) mass is 513 g/mol. The number of hydrogen-bond acceptors (Lipinski definition) is 6. The van der Waals surface area contributed by atoms with Crippen molar-refractivity contribution in [3.63, 3.8) is 0 Å². The largest absolute Gasteiger partial charge is 0.384 e. The molecule has 4 aromatic rings. The molecule has 9 nitrogen and oxygen atoms in total. The maximum Gasteiger partial charge on any atom is 0.259 e. The first-order valence-corrected chi connectivity index (χ1v) is 12.9. The van der Waals surface area contributed by atoms with Gasteiger partial charge in [0.25, 0.3) is 5.91 Å². The second-order valence-corrected chi connectivity index (χ2v) is 8.98. The molecule has 0 unspecified atom stereocenters. The number of anilines is 1. The van der Waals surface area contributed by atoms with Gasteiger partial charge in [0.15, 0.2) is 0 Å². The number of nitrogens with one attached hydrogen (secondary N) is 1. The molecule has 38 heavy (non-hydrogen) atoms. The van der Waals surface area contributed by atoms with E-state index in [0.717, 1.165) is 48.2 Å². The predicted molar refractivity (Wildman–Crippen MR) is 151 cm³/mol. The van der Waals surface area contributed by atoms with Gasteiger partial charge in [0.1, 0.15) is 17.5 Å². The van der Waals surface area contributed by atoms with E-state index in [-0.39, 0.29) is 11.7 Å². The van der Waals surface area contributed by atoms with Crippen molar-refractivity contribution >= 4 is 28.6 Å². The van der Waals surface area contributed by atoms with Gasteiger partial charge < -0.3 is 20.8 Å². The minimum absolute atomic E-state index is 0.0612. The Balaban J connectivity index is 1.61. The number of pyridine rings is 1. The molecule has 5 N–H and O–H groups in total. The molecule has 0 atom stereocenters. The lowest BCUT2D eigenvalue weighted by Gasteiger charge is -2.21. The molecule has 2 aromatic carbocycles. The zero-order valence-corrected chi connectivity index (χ0v) is 21.8. The highest BCUT2D eigenvalue weighted by atomic mass is 16.5. The number of imidazole rings is 1. The third-order valence-electron chi connectivity index (χ3n) is 6.37. The minimum atomic E-state index is -0.158. The molecule has 2 aromatic heterocycles. The van der Waals surface area contributed by atoms with Gasteiger partial charge in [0.05, 0.1) is 11.0 Å². The van der Waals surface area contributed by atoms with E-state index in [1.165, 1.54) is 0 Å². The number of nitrogens with zero attached hydrogens (tertiary/aromatic N) is 4. The van der Waals surface area contributed by atoms with E-state index in [1.807, 2.05) is 61.5 Å². The number of carbonyl (C=O) groups excluding carboxylic acids is 1. The summed E-state index contributed by atoms with van der Waals surface area (Å²) in [6.45, 7) is 4.83. The molecule has 0 aliphatic carbocycles. The summed E-state index contributed by atoms with van der Waals surface area (Å²) in [4.78, 5) is 24.4. The molecule has 0 fully saturated rings. The summed E-state index contributed by atoms with van der Waals surface area (Å²) in [5.74, 6) is 1.43. The third-order valence-corrected chi connectivity index (χ3v) is 6.37. The van der Waals surface area contributed by atoms with Crippen molar-refractivity contribution in [2.45, 2.75) is 32.7 Å². The number of fused-ring (bicyclic) bond motifs is 1. The van der Waals surface area contributed by atoms with Crippen LogP contribution in [0, 0.1) is 5.41 Å². The number of amidine groups is 1. The van der Waals surface area contributed by atoms with Crippen LogP contribution in [0.15, 0.2) is 66.9 Å². The topological polar surface area (TPSA) is 136 Å². The average Bonchev–Trinajstić information content (AvgIpc) is 3.29.